The van der Waals surface area contributed by atoms with Crippen molar-refractivity contribution in [3.05, 3.63) is 38.0 Å². The molecule has 18 atom stereocenters. The third-order valence-corrected chi connectivity index (χ3v) is 25.3. The van der Waals surface area contributed by atoms with Crippen LogP contribution in [0.4, 0.5) is 17.5 Å². The second kappa shape index (κ2) is 21.7. The van der Waals surface area contributed by atoms with Crippen LogP contribution in [-0.2, 0) is 68.1 Å². The van der Waals surface area contributed by atoms with E-state index in [0.29, 0.717) is 0 Å². The van der Waals surface area contributed by atoms with Crippen LogP contribution >= 0.6 is 46.3 Å². The summed E-state index contributed by atoms with van der Waals surface area (Å²) in [5, 5.41) is 60.6. The molecule has 0 aromatic carbocycles. The van der Waals surface area contributed by atoms with Gasteiger partial charge in [-0.15, -0.1) is 0 Å². The van der Waals surface area contributed by atoms with E-state index in [2.05, 4.69) is 62.3 Å². The van der Waals surface area contributed by atoms with E-state index in [9.17, 15) is 87.4 Å². The van der Waals surface area contributed by atoms with Crippen molar-refractivity contribution >= 4 is 97.2 Å². The molecule has 3 saturated heterocycles. The quantitative estimate of drug-likeness (QED) is 0.0309. The third-order valence-electron chi connectivity index (χ3n) is 11.7. The van der Waals surface area contributed by atoms with E-state index in [1.54, 1.807) is 0 Å². The number of imidazole rings is 3. The Kier molecular flexibility index (Phi) is 16.3. The van der Waals surface area contributed by atoms with E-state index >= 15 is 0 Å². The van der Waals surface area contributed by atoms with Gasteiger partial charge < -0.3 is 91.4 Å². The number of ether oxygens (including phenoxy) is 3. The van der Waals surface area contributed by atoms with E-state index in [0.717, 1.165) is 51.7 Å². The Labute approximate surface area is 436 Å². The lowest BCUT2D eigenvalue weighted by atomic mass is 10.1. The standard InChI is InChI=1S/C31H43N15O27P6/c32-22-13-25(38-4-35-22)44(7-41-13)28-19(50)16(47)10(68-28)1-65-77(60,61)71-75(56,57)31(74(53,54)55)76(58,59)72-79(64,67-3-12-18(49)21(52)30(70-12)46-9-43-15-24(34)37-6-40-27(15)46)73-78(62,63)66-2-11-17(48)20(51)29(69-11)45-8-42-14-23(33)36-5-39-26(14)45/h4-12,16-21,28-31,47-52H,1-3H2,(H,56,57)(H,58,59)(H,60,61)(H,62,63)(H2,32,35,38)(H2,33,36,39)(H2,34,37,40)(H2,53,54,55)/t10-,11-,12-,16-,17-,18-,19-,20-,21-,28-,29-,30-,31?,79?/m1/s1. The lowest BCUT2D eigenvalue weighted by Crippen LogP contribution is -2.34. The predicted octanol–water partition coefficient (Wildman–Crippen LogP) is -3.65. The molecule has 6 unspecified atom stereocenters. The van der Waals surface area contributed by atoms with Crippen LogP contribution in [0.5, 0.6) is 0 Å². The molecule has 42 nitrogen and oxygen atoms in total. The Morgan fingerprint density at radius 3 is 1.11 bits per heavy atom. The minimum Gasteiger partial charge on any atom is -0.387 e. The van der Waals surface area contributed by atoms with Gasteiger partial charge in [-0.05, 0) is 0 Å². The van der Waals surface area contributed by atoms with Crippen molar-refractivity contribution in [1.29, 1.82) is 0 Å². The number of fused-ring (bicyclic) bond motifs is 3. The number of nitrogen functional groups attached to an aromatic ring is 3. The number of phosphoric acid groups is 3. The van der Waals surface area contributed by atoms with Gasteiger partial charge in [-0.1, -0.05) is 0 Å². The summed E-state index contributed by atoms with van der Waals surface area (Å²) in [6.45, 7) is -4.28. The molecular weight excluding hydrogens is 1200 g/mol. The molecule has 434 valence electrons. The van der Waals surface area contributed by atoms with Gasteiger partial charge in [0.1, 0.15) is 90.5 Å². The van der Waals surface area contributed by atoms with Crippen molar-refractivity contribution in [2.45, 2.75) is 78.8 Å². The summed E-state index contributed by atoms with van der Waals surface area (Å²) in [4.78, 5) is 98.9. The fraction of sp³-hybridized carbons (Fsp3) is 0.516. The predicted molar refractivity (Wildman–Crippen MR) is 251 cm³/mol. The summed E-state index contributed by atoms with van der Waals surface area (Å²) < 4.78 is 129. The van der Waals surface area contributed by atoms with Crippen LogP contribution in [0.2, 0.25) is 0 Å². The molecule has 0 spiro atoms. The van der Waals surface area contributed by atoms with Crippen LogP contribution in [0, 0.1) is 0 Å². The number of aromatic nitrogens is 12. The van der Waals surface area contributed by atoms with Gasteiger partial charge in [0, 0.05) is 0 Å². The van der Waals surface area contributed by atoms with Gasteiger partial charge in [-0.2, -0.15) is 4.31 Å². The molecule has 0 bridgehead atoms. The lowest BCUT2D eigenvalue weighted by molar-refractivity contribution is -0.0529. The van der Waals surface area contributed by atoms with Crippen molar-refractivity contribution in [3.8, 4) is 0 Å². The van der Waals surface area contributed by atoms with E-state index in [4.69, 9.17) is 40.5 Å². The summed E-state index contributed by atoms with van der Waals surface area (Å²) in [7, 11) is -40.4. The van der Waals surface area contributed by atoms with Gasteiger partial charge in [0.15, 0.2) is 53.1 Å². The normalized spacial score (nSPS) is 31.0. The summed E-state index contributed by atoms with van der Waals surface area (Å²) in [5.41, 5.74) is 17.2. The van der Waals surface area contributed by atoms with Crippen molar-refractivity contribution < 1.29 is 128 Å². The number of hydrogen-bond donors (Lipinski definition) is 15. The first-order valence-corrected chi connectivity index (χ1v) is 31.1. The molecule has 18 N–H and O–H groups in total. The molecule has 48 heteroatoms. The highest BCUT2D eigenvalue weighted by Crippen LogP contribution is 2.84. The zero-order chi connectivity index (χ0) is 57.5. The Bertz CT molecular complexity index is 3570. The zero-order valence-electron chi connectivity index (χ0n) is 38.9. The second-order valence-corrected chi connectivity index (χ2v) is 28.7. The summed E-state index contributed by atoms with van der Waals surface area (Å²) in [6, 6.07) is 0. The number of anilines is 3. The van der Waals surface area contributed by atoms with Crippen LogP contribution < -0.4 is 17.2 Å². The SMILES string of the molecule is Nc1ncnc2c1ncn2[C@@H]1O[C@H](COP(=O)(O)OP(=O)(OC[C@H]2O[C@@H](n3cnc4c(N)ncnc43)[C@H](O)[C@@H]2O)OP(=O)(O)C(P(=O)(O)O)P(=O)(O)OP(=O)(O)OC[C@H]2O[C@@H](n3cnc4c(N)ncnc43)[C@H](O)[C@@H]2O)[C@@H](O)[C@H]1O. The van der Waals surface area contributed by atoms with Crippen LogP contribution in [-0.4, -0.2) is 198 Å². The summed E-state index contributed by atoms with van der Waals surface area (Å²) >= 11 is 0. The first-order valence-electron chi connectivity index (χ1n) is 21.7. The first-order chi connectivity index (χ1) is 36.8. The van der Waals surface area contributed by atoms with Gasteiger partial charge in [-0.3, -0.25) is 41.0 Å². The number of phosphoric ester groups is 2. The highest BCUT2D eigenvalue weighted by Gasteiger charge is 2.64. The molecule has 3 aliphatic heterocycles. The van der Waals surface area contributed by atoms with Crippen LogP contribution in [0.15, 0.2) is 38.0 Å². The maximum absolute atomic E-state index is 14.5. The molecular formula is C31H43N15O27P6. The monoisotopic (exact) mass is 1240 g/mol. The largest absolute Gasteiger partial charge is 0.491 e. The zero-order valence-corrected chi connectivity index (χ0v) is 44.2. The van der Waals surface area contributed by atoms with Crippen LogP contribution in [0.25, 0.3) is 33.5 Å². The molecule has 0 aliphatic carbocycles. The summed E-state index contributed by atoms with van der Waals surface area (Å²) in [5.74, 6) is -0.359. The second-order valence-electron chi connectivity index (χ2n) is 17.0. The Balaban J connectivity index is 0.937. The Hall–Kier alpha value is -4.41. The number of aliphatic hydroxyl groups excluding tert-OH is 6. The molecule has 0 saturated carbocycles. The van der Waals surface area contributed by atoms with Crippen molar-refractivity contribution in [2.24, 2.45) is 0 Å². The molecule has 6 aromatic heterocycles. The van der Waals surface area contributed by atoms with Gasteiger partial charge in [0.2, 0.25) is 0 Å². The minimum absolute atomic E-state index is 0.0190. The van der Waals surface area contributed by atoms with Gasteiger partial charge in [0.25, 0.3) is 5.14 Å². The van der Waals surface area contributed by atoms with Gasteiger partial charge in [-0.25, -0.2) is 67.2 Å². The maximum Gasteiger partial charge on any atom is 0.491 e. The van der Waals surface area contributed by atoms with Crippen LogP contribution in [0.3, 0.4) is 0 Å². The average molecular weight is 1240 g/mol. The van der Waals surface area contributed by atoms with Crippen LogP contribution in [0.1, 0.15) is 18.7 Å². The van der Waals surface area contributed by atoms with E-state index < -0.39 is 145 Å². The number of hydrogen-bond acceptors (Lipinski definition) is 33. The average Bonchev–Trinajstić information content (AvgIpc) is 4.31. The smallest absolute Gasteiger partial charge is 0.387 e. The molecule has 0 amide bonds. The Morgan fingerprint density at radius 1 is 0.456 bits per heavy atom. The molecule has 0 radical (unpaired) electrons. The van der Waals surface area contributed by atoms with Gasteiger partial charge in [0.05, 0.1) is 38.8 Å². The van der Waals surface area contributed by atoms with E-state index in [1.807, 2.05) is 0 Å². The minimum atomic E-state index is -7.18. The van der Waals surface area contributed by atoms with Crippen molar-refractivity contribution in [2.75, 3.05) is 37.0 Å². The third kappa shape index (κ3) is 11.8. The highest BCUT2D eigenvalue weighted by atomic mass is 31.3. The van der Waals surface area contributed by atoms with Crippen molar-refractivity contribution in [1.82, 2.24) is 58.6 Å². The molecule has 9 heterocycles. The number of nitrogens with two attached hydrogens (primary N) is 3. The molecule has 3 aliphatic rings. The molecule has 6 aromatic rings. The van der Waals surface area contributed by atoms with Gasteiger partial charge >= 0.3 is 46.3 Å². The Morgan fingerprint density at radius 2 is 0.772 bits per heavy atom. The van der Waals surface area contributed by atoms with Crippen molar-refractivity contribution in [3.63, 3.8) is 0 Å². The summed E-state index contributed by atoms with van der Waals surface area (Å²) in [6.07, 6.45) is -16.4. The lowest BCUT2D eigenvalue weighted by Gasteiger charge is -2.29. The number of aliphatic hydroxyl groups is 6. The number of nitrogens with zero attached hydrogens (tertiary/aromatic N) is 12. The fourth-order valence-corrected chi connectivity index (χ4v) is 20.3. The van der Waals surface area contributed by atoms with E-state index in [1.165, 1.54) is 0 Å². The number of rotatable bonds is 21. The first kappa shape index (κ1) is 59.2. The molecule has 79 heavy (non-hydrogen) atoms. The molecule has 9 rings (SSSR count). The fourth-order valence-electron chi connectivity index (χ4n) is 8.13. The molecule has 3 fully saturated rings. The topological polar surface area (TPSA) is 637 Å². The highest BCUT2D eigenvalue weighted by molar-refractivity contribution is 7.90. The maximum atomic E-state index is 14.5. The van der Waals surface area contributed by atoms with E-state index in [-0.39, 0.29) is 50.9 Å².